The lowest BCUT2D eigenvalue weighted by Crippen LogP contribution is -2.06. The molecule has 0 fully saturated rings. The summed E-state index contributed by atoms with van der Waals surface area (Å²) in [5.74, 6) is 0. The van der Waals surface area contributed by atoms with Gasteiger partial charge in [-0.25, -0.2) is 0 Å². The van der Waals surface area contributed by atoms with Crippen LogP contribution in [0.3, 0.4) is 0 Å². The Morgan fingerprint density at radius 3 is 2.65 bits per heavy atom. The number of nitrogens with zero attached hydrogens (tertiary/aromatic N) is 3. The molecule has 3 nitrogen and oxygen atoms in total. The Kier molecular flexibility index (Phi) is 3.94. The minimum absolute atomic E-state index is 0.787. The molecule has 0 unspecified atom stereocenters. The van der Waals surface area contributed by atoms with Gasteiger partial charge in [0.15, 0.2) is 0 Å². The van der Waals surface area contributed by atoms with Crippen LogP contribution in [0.15, 0.2) is 29.0 Å². The number of rotatable bonds is 4. The Hall–Kier alpha value is -1.16. The molecular weight excluding hydrogens is 278 g/mol. The van der Waals surface area contributed by atoms with Crippen LogP contribution in [0.1, 0.15) is 30.8 Å². The smallest absolute Gasteiger partial charge is 0.0678 e. The fourth-order valence-electron chi connectivity index (χ4n) is 1.82. The van der Waals surface area contributed by atoms with Crippen molar-refractivity contribution in [1.82, 2.24) is 14.8 Å². The normalized spacial score (nSPS) is 10.8. The van der Waals surface area contributed by atoms with Crippen molar-refractivity contribution in [2.24, 2.45) is 0 Å². The van der Waals surface area contributed by atoms with Gasteiger partial charge >= 0.3 is 0 Å². The average molecular weight is 294 g/mol. The highest BCUT2D eigenvalue weighted by Crippen LogP contribution is 2.13. The maximum atomic E-state index is 4.60. The molecule has 0 aliphatic carbocycles. The number of hydrogen-bond acceptors (Lipinski definition) is 2. The lowest BCUT2D eigenvalue weighted by atomic mass is 10.2. The molecule has 4 heteroatoms. The first-order valence-electron chi connectivity index (χ1n) is 5.88. The van der Waals surface area contributed by atoms with Crippen molar-refractivity contribution in [2.75, 3.05) is 0 Å². The van der Waals surface area contributed by atoms with Gasteiger partial charge in [-0.1, -0.05) is 13.8 Å². The van der Waals surface area contributed by atoms with Crippen molar-refractivity contribution < 1.29 is 0 Å². The number of aryl methyl sites for hydroxylation is 2. The van der Waals surface area contributed by atoms with Crippen molar-refractivity contribution in [3.63, 3.8) is 0 Å². The SMILES string of the molecule is CCc1cc(CC)n(Cc2cncc(Br)c2)n1. The van der Waals surface area contributed by atoms with Crippen molar-refractivity contribution in [2.45, 2.75) is 33.2 Å². The van der Waals surface area contributed by atoms with Crippen LogP contribution >= 0.6 is 15.9 Å². The maximum Gasteiger partial charge on any atom is 0.0678 e. The highest BCUT2D eigenvalue weighted by atomic mass is 79.9. The molecule has 0 aliphatic heterocycles. The van der Waals surface area contributed by atoms with Crippen LogP contribution < -0.4 is 0 Å². The molecule has 0 radical (unpaired) electrons. The number of aromatic nitrogens is 3. The van der Waals surface area contributed by atoms with Crippen molar-refractivity contribution in [3.05, 3.63) is 46.0 Å². The molecule has 17 heavy (non-hydrogen) atoms. The molecule has 0 saturated heterocycles. The van der Waals surface area contributed by atoms with E-state index < -0.39 is 0 Å². The van der Waals surface area contributed by atoms with Gasteiger partial charge < -0.3 is 0 Å². The minimum Gasteiger partial charge on any atom is -0.265 e. The zero-order chi connectivity index (χ0) is 12.3. The van der Waals surface area contributed by atoms with Gasteiger partial charge in [0.2, 0.25) is 0 Å². The third-order valence-corrected chi connectivity index (χ3v) is 3.17. The van der Waals surface area contributed by atoms with E-state index >= 15 is 0 Å². The van der Waals surface area contributed by atoms with Crippen LogP contribution in [0.5, 0.6) is 0 Å². The first kappa shape index (κ1) is 12.3. The predicted octanol–water partition coefficient (Wildman–Crippen LogP) is 3.21. The summed E-state index contributed by atoms with van der Waals surface area (Å²) in [4.78, 5) is 4.17. The van der Waals surface area contributed by atoms with Gasteiger partial charge in [-0.05, 0) is 46.5 Å². The Morgan fingerprint density at radius 1 is 1.18 bits per heavy atom. The van der Waals surface area contributed by atoms with Crippen LogP contribution in [0.2, 0.25) is 0 Å². The van der Waals surface area contributed by atoms with Crippen LogP contribution in [-0.2, 0) is 19.4 Å². The molecule has 2 aromatic heterocycles. The molecule has 0 aliphatic rings. The quantitative estimate of drug-likeness (QED) is 0.867. The maximum absolute atomic E-state index is 4.60. The van der Waals surface area contributed by atoms with E-state index in [-0.39, 0.29) is 0 Å². The summed E-state index contributed by atoms with van der Waals surface area (Å²) in [7, 11) is 0. The first-order valence-corrected chi connectivity index (χ1v) is 6.67. The van der Waals surface area contributed by atoms with Gasteiger partial charge in [0, 0.05) is 22.6 Å². The van der Waals surface area contributed by atoms with Crippen molar-refractivity contribution in [1.29, 1.82) is 0 Å². The van der Waals surface area contributed by atoms with E-state index in [1.807, 2.05) is 6.20 Å². The number of halogens is 1. The van der Waals surface area contributed by atoms with Gasteiger partial charge in [-0.3, -0.25) is 9.67 Å². The molecular formula is C13H16BrN3. The first-order chi connectivity index (χ1) is 8.22. The molecule has 0 bridgehead atoms. The van der Waals surface area contributed by atoms with Crippen LogP contribution in [-0.4, -0.2) is 14.8 Å². The second-order valence-corrected chi connectivity index (χ2v) is 4.92. The van der Waals surface area contributed by atoms with Crippen molar-refractivity contribution in [3.8, 4) is 0 Å². The summed E-state index contributed by atoms with van der Waals surface area (Å²) in [6, 6.07) is 4.27. The fraction of sp³-hybridized carbons (Fsp3) is 0.385. The van der Waals surface area contributed by atoms with Gasteiger partial charge in [0.1, 0.15) is 0 Å². The lowest BCUT2D eigenvalue weighted by Gasteiger charge is -2.05. The van der Waals surface area contributed by atoms with E-state index in [1.165, 1.54) is 11.3 Å². The highest BCUT2D eigenvalue weighted by Gasteiger charge is 2.06. The molecule has 0 amide bonds. The van der Waals surface area contributed by atoms with Crippen LogP contribution in [0.25, 0.3) is 0 Å². The average Bonchev–Trinajstić information content (AvgIpc) is 2.71. The molecule has 0 spiro atoms. The standard InChI is InChI=1S/C13H16BrN3/c1-3-12-6-13(4-2)17(16-12)9-10-5-11(14)8-15-7-10/h5-8H,3-4,9H2,1-2H3. The summed E-state index contributed by atoms with van der Waals surface area (Å²) >= 11 is 3.44. The summed E-state index contributed by atoms with van der Waals surface area (Å²) in [6.07, 6.45) is 5.67. The van der Waals surface area contributed by atoms with Crippen molar-refractivity contribution >= 4 is 15.9 Å². The number of pyridine rings is 1. The predicted molar refractivity (Wildman–Crippen MR) is 72.0 cm³/mol. The van der Waals surface area contributed by atoms with Crippen LogP contribution in [0.4, 0.5) is 0 Å². The monoisotopic (exact) mass is 293 g/mol. The molecule has 0 saturated carbocycles. The third kappa shape index (κ3) is 2.94. The lowest BCUT2D eigenvalue weighted by molar-refractivity contribution is 0.639. The van der Waals surface area contributed by atoms with Gasteiger partial charge in [0.05, 0.1) is 12.2 Å². The minimum atomic E-state index is 0.787. The molecule has 90 valence electrons. The largest absolute Gasteiger partial charge is 0.265 e. The van der Waals surface area contributed by atoms with Gasteiger partial charge in [0.25, 0.3) is 0 Å². The Bertz CT molecular complexity index is 505. The zero-order valence-electron chi connectivity index (χ0n) is 10.2. The molecule has 0 aromatic carbocycles. The molecule has 2 aromatic rings. The van der Waals surface area contributed by atoms with E-state index in [9.17, 15) is 0 Å². The topological polar surface area (TPSA) is 30.7 Å². The fourth-order valence-corrected chi connectivity index (χ4v) is 2.24. The molecule has 2 heterocycles. The van der Waals surface area contributed by atoms with E-state index in [1.54, 1.807) is 6.20 Å². The van der Waals surface area contributed by atoms with Gasteiger partial charge in [-0.15, -0.1) is 0 Å². The van der Waals surface area contributed by atoms with E-state index in [2.05, 4.69) is 56.7 Å². The highest BCUT2D eigenvalue weighted by molar-refractivity contribution is 9.10. The zero-order valence-corrected chi connectivity index (χ0v) is 11.7. The van der Waals surface area contributed by atoms with E-state index in [0.29, 0.717) is 0 Å². The second-order valence-electron chi connectivity index (χ2n) is 4.00. The Balaban J connectivity index is 2.25. The Morgan fingerprint density at radius 2 is 2.00 bits per heavy atom. The van der Waals surface area contributed by atoms with Crippen LogP contribution in [0, 0.1) is 0 Å². The molecule has 0 N–H and O–H groups in total. The summed E-state index contributed by atoms with van der Waals surface area (Å²) < 4.78 is 3.08. The van der Waals surface area contributed by atoms with Gasteiger partial charge in [-0.2, -0.15) is 5.10 Å². The third-order valence-electron chi connectivity index (χ3n) is 2.73. The second kappa shape index (κ2) is 5.45. The molecule has 0 atom stereocenters. The number of hydrogen-bond donors (Lipinski definition) is 0. The summed E-state index contributed by atoms with van der Waals surface area (Å²) in [5.41, 5.74) is 3.60. The summed E-state index contributed by atoms with van der Waals surface area (Å²) in [5, 5.41) is 4.60. The molecule has 2 rings (SSSR count). The van der Waals surface area contributed by atoms with E-state index in [0.717, 1.165) is 29.6 Å². The summed E-state index contributed by atoms with van der Waals surface area (Å²) in [6.45, 7) is 5.08. The Labute approximate surface area is 110 Å². The van der Waals surface area contributed by atoms with E-state index in [4.69, 9.17) is 0 Å².